The lowest BCUT2D eigenvalue weighted by atomic mass is 10.2. The van der Waals surface area contributed by atoms with E-state index < -0.39 is 0 Å². The molecule has 3 aromatic carbocycles. The fourth-order valence-electron chi connectivity index (χ4n) is 3.23. The molecule has 2 aromatic heterocycles. The Balaban J connectivity index is 1.44. The average molecular weight is 498 g/mol. The Hall–Kier alpha value is -2.67. The van der Waals surface area contributed by atoms with Gasteiger partial charge in [0.2, 0.25) is 0 Å². The molecule has 5 aromatic rings. The third-order valence-corrected chi connectivity index (χ3v) is 6.55. The highest BCUT2D eigenvalue weighted by Crippen LogP contribution is 2.27. The maximum Gasteiger partial charge on any atom is 0.274 e. The van der Waals surface area contributed by atoms with Gasteiger partial charge in [-0.15, -0.1) is 0 Å². The van der Waals surface area contributed by atoms with Crippen molar-refractivity contribution in [1.29, 1.82) is 0 Å². The van der Waals surface area contributed by atoms with Crippen LogP contribution in [0.1, 0.15) is 11.1 Å². The van der Waals surface area contributed by atoms with Gasteiger partial charge in [-0.25, -0.2) is 9.38 Å². The van der Waals surface area contributed by atoms with Crippen LogP contribution in [0.4, 0.5) is 0 Å². The Labute approximate surface area is 189 Å². The molecule has 0 saturated heterocycles. The highest BCUT2D eigenvalue weighted by atomic mass is 79.9. The van der Waals surface area contributed by atoms with Gasteiger partial charge >= 0.3 is 0 Å². The largest absolute Gasteiger partial charge is 0.488 e. The molecule has 7 heteroatoms. The van der Waals surface area contributed by atoms with E-state index in [4.69, 9.17) is 16.3 Å². The van der Waals surface area contributed by atoms with E-state index in [1.54, 1.807) is 4.40 Å². The Bertz CT molecular complexity index is 1490. The Morgan fingerprint density at radius 3 is 2.70 bits per heavy atom. The molecule has 148 valence electrons. The highest BCUT2D eigenvalue weighted by molar-refractivity contribution is 9.10. The first kappa shape index (κ1) is 19.3. The van der Waals surface area contributed by atoms with Crippen molar-refractivity contribution in [1.82, 2.24) is 9.38 Å². The lowest BCUT2D eigenvalue weighted by molar-refractivity contribution is 0.304. The van der Waals surface area contributed by atoms with Gasteiger partial charge in [0.05, 0.1) is 20.0 Å². The maximum atomic E-state index is 12.9. The molecule has 30 heavy (non-hydrogen) atoms. The van der Waals surface area contributed by atoms with Gasteiger partial charge in [0.1, 0.15) is 12.4 Å². The summed E-state index contributed by atoms with van der Waals surface area (Å²) in [5.74, 6) is 0.733. The van der Waals surface area contributed by atoms with Gasteiger partial charge in [-0.2, -0.15) is 0 Å². The third kappa shape index (κ3) is 3.62. The van der Waals surface area contributed by atoms with Crippen LogP contribution >= 0.6 is 38.9 Å². The predicted molar refractivity (Wildman–Crippen MR) is 126 cm³/mol. The minimum absolute atomic E-state index is 0.0529. The van der Waals surface area contributed by atoms with E-state index in [-0.39, 0.29) is 5.56 Å². The second-order valence-electron chi connectivity index (χ2n) is 6.74. The number of nitrogens with zero attached hydrogens (tertiary/aromatic N) is 2. The van der Waals surface area contributed by atoms with Crippen molar-refractivity contribution in [3.05, 3.63) is 102 Å². The van der Waals surface area contributed by atoms with Gasteiger partial charge in [-0.05, 0) is 69.5 Å². The lowest BCUT2D eigenvalue weighted by Gasteiger charge is -2.09. The van der Waals surface area contributed by atoms with Crippen LogP contribution in [0, 0.1) is 0 Å². The van der Waals surface area contributed by atoms with E-state index in [0.717, 1.165) is 32.4 Å². The molecule has 0 radical (unpaired) electrons. The number of fused-ring (bicyclic) bond motifs is 3. The number of para-hydroxylation sites is 2. The fraction of sp³-hybridized carbons (Fsp3) is 0.0435. The van der Waals surface area contributed by atoms with E-state index >= 15 is 0 Å². The summed E-state index contributed by atoms with van der Waals surface area (Å²) in [5.41, 5.74) is 3.56. The maximum absolute atomic E-state index is 12.9. The van der Waals surface area contributed by atoms with Gasteiger partial charge < -0.3 is 4.74 Å². The number of hydrogen-bond acceptors (Lipinski definition) is 4. The zero-order valence-corrected chi connectivity index (χ0v) is 18.7. The molecule has 0 saturated carbocycles. The van der Waals surface area contributed by atoms with E-state index in [1.165, 1.54) is 11.3 Å². The lowest BCUT2D eigenvalue weighted by Crippen LogP contribution is -2.22. The third-order valence-electron chi connectivity index (χ3n) is 4.71. The van der Waals surface area contributed by atoms with Crippen molar-refractivity contribution < 1.29 is 4.74 Å². The number of halogens is 2. The zero-order chi connectivity index (χ0) is 20.7. The molecule has 5 rings (SSSR count). The second-order valence-corrected chi connectivity index (χ2v) is 9.04. The Morgan fingerprint density at radius 2 is 1.90 bits per heavy atom. The first-order valence-electron chi connectivity index (χ1n) is 9.17. The quantitative estimate of drug-likeness (QED) is 0.331. The van der Waals surface area contributed by atoms with Gasteiger partial charge in [0, 0.05) is 5.02 Å². The normalized spacial score (nSPS) is 12.1. The van der Waals surface area contributed by atoms with E-state index in [0.29, 0.717) is 21.1 Å². The summed E-state index contributed by atoms with van der Waals surface area (Å²) < 4.78 is 9.04. The molecule has 4 nitrogen and oxygen atoms in total. The van der Waals surface area contributed by atoms with Crippen LogP contribution in [0.15, 0.2) is 76.0 Å². The summed E-state index contributed by atoms with van der Waals surface area (Å²) in [7, 11) is 0. The van der Waals surface area contributed by atoms with Crippen LogP contribution in [-0.4, -0.2) is 9.38 Å². The molecule has 2 heterocycles. The highest BCUT2D eigenvalue weighted by Gasteiger charge is 2.11. The van der Waals surface area contributed by atoms with Crippen molar-refractivity contribution in [3.8, 4) is 5.75 Å². The second kappa shape index (κ2) is 7.87. The van der Waals surface area contributed by atoms with Crippen LogP contribution in [0.3, 0.4) is 0 Å². The monoisotopic (exact) mass is 496 g/mol. The number of ether oxygens (including phenoxy) is 1. The van der Waals surface area contributed by atoms with Crippen molar-refractivity contribution in [3.63, 3.8) is 0 Å². The first-order valence-corrected chi connectivity index (χ1v) is 11.2. The molecule has 0 aliphatic rings. The minimum Gasteiger partial charge on any atom is -0.488 e. The fourth-order valence-corrected chi connectivity index (χ4v) is 4.85. The van der Waals surface area contributed by atoms with Gasteiger partial charge in [0.15, 0.2) is 4.96 Å². The summed E-state index contributed by atoms with van der Waals surface area (Å²) in [5, 5.41) is 0.701. The van der Waals surface area contributed by atoms with Gasteiger partial charge in [-0.1, -0.05) is 53.3 Å². The summed E-state index contributed by atoms with van der Waals surface area (Å²) in [6.07, 6.45) is 1.88. The smallest absolute Gasteiger partial charge is 0.274 e. The van der Waals surface area contributed by atoms with Crippen LogP contribution in [0.2, 0.25) is 5.02 Å². The van der Waals surface area contributed by atoms with Crippen LogP contribution < -0.4 is 14.8 Å². The molecule has 0 aliphatic heterocycles. The Kier molecular flexibility index (Phi) is 5.06. The van der Waals surface area contributed by atoms with Crippen LogP contribution in [0.5, 0.6) is 5.75 Å². The topological polar surface area (TPSA) is 43.6 Å². The summed E-state index contributed by atoms with van der Waals surface area (Å²) in [6, 6.07) is 21.0. The number of aromatic nitrogens is 2. The standard InChI is InChI=1S/C23H14BrClN2O2S/c24-17-11-15(7-10-20(17)29-13-14-5-8-16(25)9-6-14)12-21-22(28)27-19-4-2-1-3-18(19)26-23(27)30-21/h1-12H,13H2/b21-12-. The van der Waals surface area contributed by atoms with Crippen molar-refractivity contribution in [2.75, 3.05) is 0 Å². The molecule has 0 atom stereocenters. The van der Waals surface area contributed by atoms with E-state index in [1.807, 2.05) is 72.8 Å². The van der Waals surface area contributed by atoms with E-state index in [2.05, 4.69) is 20.9 Å². The molecule has 0 spiro atoms. The van der Waals surface area contributed by atoms with E-state index in [9.17, 15) is 4.79 Å². The van der Waals surface area contributed by atoms with Crippen LogP contribution in [-0.2, 0) is 6.61 Å². The molecular weight excluding hydrogens is 484 g/mol. The first-order chi connectivity index (χ1) is 14.6. The van der Waals surface area contributed by atoms with Crippen molar-refractivity contribution in [2.45, 2.75) is 6.61 Å². The van der Waals surface area contributed by atoms with Crippen molar-refractivity contribution >= 4 is 60.9 Å². The average Bonchev–Trinajstić information content (AvgIpc) is 3.25. The molecule has 0 N–H and O–H groups in total. The number of hydrogen-bond donors (Lipinski definition) is 0. The zero-order valence-electron chi connectivity index (χ0n) is 15.5. The van der Waals surface area contributed by atoms with Crippen molar-refractivity contribution in [2.24, 2.45) is 0 Å². The summed E-state index contributed by atoms with van der Waals surface area (Å²) in [6.45, 7) is 0.443. The summed E-state index contributed by atoms with van der Waals surface area (Å²) in [4.78, 5) is 18.2. The molecular formula is C23H14BrClN2O2S. The molecule has 0 aliphatic carbocycles. The summed E-state index contributed by atoms with van der Waals surface area (Å²) >= 11 is 10.9. The molecule has 0 amide bonds. The van der Waals surface area contributed by atoms with Gasteiger partial charge in [0.25, 0.3) is 5.56 Å². The number of rotatable bonds is 4. The number of thiazole rings is 1. The Morgan fingerprint density at radius 1 is 1.10 bits per heavy atom. The predicted octanol–water partition coefficient (Wildman–Crippen LogP) is 5.45. The molecule has 0 fully saturated rings. The molecule has 0 unspecified atom stereocenters. The number of imidazole rings is 1. The molecule has 0 bridgehead atoms. The SMILES string of the molecule is O=c1/c(=C/c2ccc(OCc3ccc(Cl)cc3)c(Br)c2)sc2nc3ccccc3n12. The van der Waals surface area contributed by atoms with Crippen LogP contribution in [0.25, 0.3) is 22.1 Å². The number of benzene rings is 3. The minimum atomic E-state index is -0.0529. The van der Waals surface area contributed by atoms with Gasteiger partial charge in [-0.3, -0.25) is 4.79 Å².